The molecule has 4 heteroatoms. The average molecular weight is 293 g/mol. The van der Waals surface area contributed by atoms with Crippen molar-refractivity contribution in [3.05, 3.63) is 34.9 Å². The highest BCUT2D eigenvalue weighted by atomic mass is 35.5. The van der Waals surface area contributed by atoms with Crippen molar-refractivity contribution in [2.24, 2.45) is 11.1 Å². The zero-order valence-electron chi connectivity index (χ0n) is 11.6. The third kappa shape index (κ3) is 2.23. The van der Waals surface area contributed by atoms with Crippen LogP contribution in [0.15, 0.2) is 24.3 Å². The van der Waals surface area contributed by atoms with Crippen LogP contribution in [-0.2, 0) is 4.79 Å². The van der Waals surface area contributed by atoms with Crippen molar-refractivity contribution in [2.45, 2.75) is 38.1 Å². The summed E-state index contributed by atoms with van der Waals surface area (Å²) >= 11 is 6.08. The molecule has 1 saturated carbocycles. The van der Waals surface area contributed by atoms with E-state index < -0.39 is 0 Å². The van der Waals surface area contributed by atoms with E-state index in [1.807, 2.05) is 23.1 Å². The first kappa shape index (κ1) is 13.9. The molecular weight excluding hydrogens is 272 g/mol. The fraction of sp³-hybridized carbons (Fsp3) is 0.562. The monoisotopic (exact) mass is 292 g/mol. The summed E-state index contributed by atoms with van der Waals surface area (Å²) in [5.41, 5.74) is 6.75. The highest BCUT2D eigenvalue weighted by molar-refractivity contribution is 6.30. The van der Waals surface area contributed by atoms with Crippen LogP contribution in [0.5, 0.6) is 0 Å². The fourth-order valence-corrected chi connectivity index (χ4v) is 3.68. The second-order valence-electron chi connectivity index (χ2n) is 6.05. The fourth-order valence-electron chi connectivity index (χ4n) is 3.48. The van der Waals surface area contributed by atoms with E-state index in [9.17, 15) is 4.79 Å². The molecule has 1 unspecified atom stereocenters. The lowest BCUT2D eigenvalue weighted by Crippen LogP contribution is -2.51. The number of nitrogens with zero attached hydrogens (tertiary/aromatic N) is 1. The second kappa shape index (κ2) is 5.38. The molecule has 1 aliphatic heterocycles. The Labute approximate surface area is 125 Å². The van der Waals surface area contributed by atoms with Gasteiger partial charge in [0.25, 0.3) is 0 Å². The van der Waals surface area contributed by atoms with E-state index in [0.717, 1.165) is 49.2 Å². The molecule has 1 saturated heterocycles. The van der Waals surface area contributed by atoms with Gasteiger partial charge in [0.2, 0.25) is 5.91 Å². The molecule has 2 aliphatic rings. The first-order valence-electron chi connectivity index (χ1n) is 7.43. The third-order valence-corrected chi connectivity index (χ3v) is 5.14. The largest absolute Gasteiger partial charge is 0.335 e. The quantitative estimate of drug-likeness (QED) is 0.930. The van der Waals surface area contributed by atoms with Crippen LogP contribution in [0.25, 0.3) is 0 Å². The number of likely N-dealkylation sites (tertiary alicyclic amines) is 1. The second-order valence-corrected chi connectivity index (χ2v) is 6.49. The normalized spacial score (nSPS) is 24.5. The van der Waals surface area contributed by atoms with Gasteiger partial charge in [0.15, 0.2) is 0 Å². The van der Waals surface area contributed by atoms with Gasteiger partial charge >= 0.3 is 0 Å². The summed E-state index contributed by atoms with van der Waals surface area (Å²) in [6.45, 7) is 1.32. The van der Waals surface area contributed by atoms with Crippen molar-refractivity contribution < 1.29 is 4.79 Å². The summed E-state index contributed by atoms with van der Waals surface area (Å²) in [7, 11) is 0. The van der Waals surface area contributed by atoms with Crippen molar-refractivity contribution in [3.8, 4) is 0 Å². The number of hydrogen-bond acceptors (Lipinski definition) is 2. The molecule has 1 amide bonds. The zero-order valence-corrected chi connectivity index (χ0v) is 12.4. The molecule has 0 radical (unpaired) electrons. The van der Waals surface area contributed by atoms with Gasteiger partial charge in [0.1, 0.15) is 0 Å². The Morgan fingerprint density at radius 2 is 2.20 bits per heavy atom. The van der Waals surface area contributed by atoms with E-state index in [0.29, 0.717) is 6.54 Å². The predicted molar refractivity (Wildman–Crippen MR) is 80.5 cm³/mol. The standard InChI is InChI=1S/C16H21ClN2O/c17-13-5-1-4-12(10-13)14-6-2-9-19(14)15(20)16(11-18)7-3-8-16/h1,4-5,10,14H,2-3,6-9,11,18H2. The zero-order chi connectivity index (χ0) is 14.2. The highest BCUT2D eigenvalue weighted by Crippen LogP contribution is 2.45. The van der Waals surface area contributed by atoms with Gasteiger partial charge in [-0.05, 0) is 43.4 Å². The van der Waals surface area contributed by atoms with E-state index >= 15 is 0 Å². The number of amides is 1. The van der Waals surface area contributed by atoms with Crippen LogP contribution in [0, 0.1) is 5.41 Å². The van der Waals surface area contributed by atoms with E-state index in [-0.39, 0.29) is 17.4 Å². The molecule has 1 atom stereocenters. The molecule has 1 aromatic rings. The first-order valence-corrected chi connectivity index (χ1v) is 7.81. The van der Waals surface area contributed by atoms with Gasteiger partial charge in [0.05, 0.1) is 11.5 Å². The molecule has 1 aliphatic carbocycles. The molecule has 2 fully saturated rings. The number of benzene rings is 1. The molecule has 0 spiro atoms. The van der Waals surface area contributed by atoms with Crippen molar-refractivity contribution in [2.75, 3.05) is 13.1 Å². The van der Waals surface area contributed by atoms with Gasteiger partial charge in [-0.25, -0.2) is 0 Å². The molecule has 0 bridgehead atoms. The lowest BCUT2D eigenvalue weighted by atomic mass is 9.67. The Kier molecular flexibility index (Phi) is 3.74. The number of halogens is 1. The van der Waals surface area contributed by atoms with Gasteiger partial charge < -0.3 is 10.6 Å². The molecule has 20 heavy (non-hydrogen) atoms. The summed E-state index contributed by atoms with van der Waals surface area (Å²) in [6.07, 6.45) is 5.09. The Morgan fingerprint density at radius 1 is 1.40 bits per heavy atom. The summed E-state index contributed by atoms with van der Waals surface area (Å²) in [5.74, 6) is 0.258. The Bertz CT molecular complexity index is 507. The molecule has 3 nitrogen and oxygen atoms in total. The Morgan fingerprint density at radius 3 is 2.80 bits per heavy atom. The van der Waals surface area contributed by atoms with Crippen LogP contribution in [-0.4, -0.2) is 23.9 Å². The number of carbonyl (C=O) groups excluding carboxylic acids is 1. The van der Waals surface area contributed by atoms with Gasteiger partial charge in [-0.3, -0.25) is 4.79 Å². The predicted octanol–water partition coefficient (Wildman–Crippen LogP) is 3.13. The van der Waals surface area contributed by atoms with E-state index in [1.54, 1.807) is 0 Å². The van der Waals surface area contributed by atoms with E-state index in [2.05, 4.69) is 6.07 Å². The summed E-state index contributed by atoms with van der Waals surface area (Å²) in [4.78, 5) is 14.9. The molecular formula is C16H21ClN2O. The molecule has 1 heterocycles. The SMILES string of the molecule is NCC1(C(=O)N2CCCC2c2cccc(Cl)c2)CCC1. The van der Waals surface area contributed by atoms with Crippen molar-refractivity contribution in [3.63, 3.8) is 0 Å². The number of rotatable bonds is 3. The smallest absolute Gasteiger partial charge is 0.230 e. The molecule has 2 N–H and O–H groups in total. The Hall–Kier alpha value is -1.06. The number of nitrogens with two attached hydrogens (primary N) is 1. The maximum absolute atomic E-state index is 12.9. The van der Waals surface area contributed by atoms with Crippen LogP contribution in [0.2, 0.25) is 5.02 Å². The molecule has 3 rings (SSSR count). The van der Waals surface area contributed by atoms with E-state index in [4.69, 9.17) is 17.3 Å². The van der Waals surface area contributed by atoms with Crippen LogP contribution < -0.4 is 5.73 Å². The highest BCUT2D eigenvalue weighted by Gasteiger charge is 2.47. The van der Waals surface area contributed by atoms with Gasteiger partial charge in [-0.1, -0.05) is 30.2 Å². The molecule has 1 aromatic carbocycles. The minimum atomic E-state index is -0.277. The number of hydrogen-bond donors (Lipinski definition) is 1. The lowest BCUT2D eigenvalue weighted by molar-refractivity contribution is -0.147. The summed E-state index contributed by atoms with van der Waals surface area (Å²) in [5, 5.41) is 0.735. The van der Waals surface area contributed by atoms with Crippen LogP contribution in [0.1, 0.15) is 43.7 Å². The summed E-state index contributed by atoms with van der Waals surface area (Å²) < 4.78 is 0. The minimum Gasteiger partial charge on any atom is -0.335 e. The molecule has 108 valence electrons. The number of carbonyl (C=O) groups is 1. The maximum atomic E-state index is 12.9. The average Bonchev–Trinajstić information content (AvgIpc) is 2.87. The Balaban J connectivity index is 1.84. The van der Waals surface area contributed by atoms with Crippen LogP contribution in [0.3, 0.4) is 0 Å². The minimum absolute atomic E-state index is 0.172. The van der Waals surface area contributed by atoms with Crippen molar-refractivity contribution in [1.82, 2.24) is 4.90 Å². The summed E-state index contributed by atoms with van der Waals surface area (Å²) in [6, 6.07) is 8.05. The topological polar surface area (TPSA) is 46.3 Å². The molecule has 0 aromatic heterocycles. The first-order chi connectivity index (χ1) is 9.66. The van der Waals surface area contributed by atoms with Crippen LogP contribution in [0.4, 0.5) is 0 Å². The van der Waals surface area contributed by atoms with Crippen molar-refractivity contribution in [1.29, 1.82) is 0 Å². The van der Waals surface area contributed by atoms with Gasteiger partial charge in [-0.15, -0.1) is 0 Å². The lowest BCUT2D eigenvalue weighted by Gasteiger charge is -2.43. The van der Waals surface area contributed by atoms with Crippen molar-refractivity contribution >= 4 is 17.5 Å². The van der Waals surface area contributed by atoms with Crippen LogP contribution >= 0.6 is 11.6 Å². The van der Waals surface area contributed by atoms with E-state index in [1.165, 1.54) is 0 Å². The maximum Gasteiger partial charge on any atom is 0.230 e. The third-order valence-electron chi connectivity index (χ3n) is 4.90. The van der Waals surface area contributed by atoms with Gasteiger partial charge in [-0.2, -0.15) is 0 Å². The van der Waals surface area contributed by atoms with Gasteiger partial charge in [0, 0.05) is 18.1 Å².